The molecule has 1 N–H and O–H groups in total. The molecule has 2 heterocycles. The average Bonchev–Trinajstić information content (AvgIpc) is 2.68. The van der Waals surface area contributed by atoms with Crippen molar-refractivity contribution in [3.63, 3.8) is 0 Å². The minimum absolute atomic E-state index is 0.225. The van der Waals surface area contributed by atoms with Crippen LogP contribution in [0.3, 0.4) is 0 Å². The number of aromatic nitrogens is 3. The third kappa shape index (κ3) is 3.14. The predicted octanol–water partition coefficient (Wildman–Crippen LogP) is 0.531. The van der Waals surface area contributed by atoms with Gasteiger partial charge in [0.2, 0.25) is 10.0 Å². The lowest BCUT2D eigenvalue weighted by atomic mass is 10.2. The molecule has 96 valence electrons. The van der Waals surface area contributed by atoms with Crippen LogP contribution in [-0.2, 0) is 23.6 Å². The molecule has 0 radical (unpaired) electrons. The maximum Gasteiger partial charge on any atom is 0.209 e. The molecule has 0 aliphatic carbocycles. The Morgan fingerprint density at radius 1 is 1.44 bits per heavy atom. The van der Waals surface area contributed by atoms with Crippen LogP contribution in [0.2, 0.25) is 0 Å². The summed E-state index contributed by atoms with van der Waals surface area (Å²) in [6.45, 7) is 0.225. The minimum atomic E-state index is -3.20. The number of nitrogens with one attached hydrogen (secondary N) is 1. The Bertz CT molecular complexity index is 634. The second kappa shape index (κ2) is 4.87. The topological polar surface area (TPSA) is 76.9 Å². The molecule has 0 unspecified atom stereocenters. The van der Waals surface area contributed by atoms with Gasteiger partial charge in [0.25, 0.3) is 0 Å². The molecule has 6 nitrogen and oxygen atoms in total. The molecule has 2 aromatic rings. The first-order valence-electron chi connectivity index (χ1n) is 5.34. The molecule has 0 saturated heterocycles. The molecule has 0 spiro atoms. The van der Waals surface area contributed by atoms with Gasteiger partial charge in [-0.1, -0.05) is 0 Å². The summed E-state index contributed by atoms with van der Waals surface area (Å²) in [5, 5.41) is 4.32. The molecule has 0 aromatic carbocycles. The van der Waals surface area contributed by atoms with Crippen molar-refractivity contribution in [2.24, 2.45) is 7.05 Å². The van der Waals surface area contributed by atoms with E-state index in [1.807, 2.05) is 18.2 Å². The van der Waals surface area contributed by atoms with Crippen LogP contribution in [0.1, 0.15) is 5.69 Å². The molecule has 18 heavy (non-hydrogen) atoms. The van der Waals surface area contributed by atoms with E-state index in [9.17, 15) is 8.42 Å². The number of rotatable bonds is 4. The molecule has 7 heteroatoms. The Morgan fingerprint density at radius 2 is 2.22 bits per heavy atom. The van der Waals surface area contributed by atoms with Crippen molar-refractivity contribution in [3.05, 3.63) is 36.3 Å². The van der Waals surface area contributed by atoms with Crippen LogP contribution in [-0.4, -0.2) is 29.4 Å². The van der Waals surface area contributed by atoms with Gasteiger partial charge in [-0.2, -0.15) is 5.10 Å². The monoisotopic (exact) mass is 266 g/mol. The molecule has 2 aromatic heterocycles. The molecule has 0 bridgehead atoms. The average molecular weight is 266 g/mol. The fourth-order valence-corrected chi connectivity index (χ4v) is 1.94. The van der Waals surface area contributed by atoms with Crippen LogP contribution >= 0.6 is 0 Å². The van der Waals surface area contributed by atoms with Gasteiger partial charge in [-0.05, 0) is 18.2 Å². The lowest BCUT2D eigenvalue weighted by molar-refractivity contribution is 0.583. The summed E-state index contributed by atoms with van der Waals surface area (Å²) in [4.78, 5) is 4.02. The summed E-state index contributed by atoms with van der Waals surface area (Å²) in [7, 11) is -1.42. The van der Waals surface area contributed by atoms with Crippen molar-refractivity contribution in [3.8, 4) is 11.3 Å². The summed E-state index contributed by atoms with van der Waals surface area (Å²) in [6, 6.07) is 5.58. The van der Waals surface area contributed by atoms with E-state index in [-0.39, 0.29) is 6.54 Å². The molecule has 0 saturated carbocycles. The van der Waals surface area contributed by atoms with E-state index in [0.717, 1.165) is 23.2 Å². The number of aryl methyl sites for hydroxylation is 1. The SMILES string of the molecule is Cn1nc(-c2cccnc2)cc1CNS(C)(=O)=O. The third-order valence-corrected chi connectivity index (χ3v) is 3.12. The van der Waals surface area contributed by atoms with Gasteiger partial charge >= 0.3 is 0 Å². The molecule has 0 aliphatic heterocycles. The fourth-order valence-electron chi connectivity index (χ4n) is 1.53. The van der Waals surface area contributed by atoms with E-state index < -0.39 is 10.0 Å². The smallest absolute Gasteiger partial charge is 0.209 e. The standard InChI is InChI=1S/C11H14N4O2S/c1-15-10(8-13-18(2,16)17)6-11(14-15)9-4-3-5-12-7-9/h3-7,13H,8H2,1-2H3. The van der Waals surface area contributed by atoms with Gasteiger partial charge in [0, 0.05) is 25.0 Å². The van der Waals surface area contributed by atoms with Crippen LogP contribution < -0.4 is 4.72 Å². The van der Waals surface area contributed by atoms with E-state index in [2.05, 4.69) is 14.8 Å². The lowest BCUT2D eigenvalue weighted by Gasteiger charge is -2.01. The van der Waals surface area contributed by atoms with Crippen molar-refractivity contribution in [2.75, 3.05) is 6.26 Å². The van der Waals surface area contributed by atoms with Gasteiger partial charge in [-0.3, -0.25) is 9.67 Å². The normalized spacial score (nSPS) is 11.7. The summed E-state index contributed by atoms with van der Waals surface area (Å²) >= 11 is 0. The highest BCUT2D eigenvalue weighted by molar-refractivity contribution is 7.88. The quantitative estimate of drug-likeness (QED) is 0.875. The Hall–Kier alpha value is -1.73. The van der Waals surface area contributed by atoms with Crippen LogP contribution in [0, 0.1) is 0 Å². The zero-order chi connectivity index (χ0) is 13.2. The molecule has 0 fully saturated rings. The Morgan fingerprint density at radius 3 is 2.83 bits per heavy atom. The third-order valence-electron chi connectivity index (χ3n) is 2.45. The molecule has 2 rings (SSSR count). The van der Waals surface area contributed by atoms with Crippen LogP contribution in [0.5, 0.6) is 0 Å². The lowest BCUT2D eigenvalue weighted by Crippen LogP contribution is -2.22. The summed E-state index contributed by atoms with van der Waals surface area (Å²) in [6.07, 6.45) is 4.54. The highest BCUT2D eigenvalue weighted by Crippen LogP contribution is 2.17. The van der Waals surface area contributed by atoms with Crippen molar-refractivity contribution in [2.45, 2.75) is 6.54 Å². The van der Waals surface area contributed by atoms with E-state index in [1.165, 1.54) is 0 Å². The van der Waals surface area contributed by atoms with E-state index in [4.69, 9.17) is 0 Å². The van der Waals surface area contributed by atoms with Gasteiger partial charge < -0.3 is 0 Å². The maximum absolute atomic E-state index is 11.0. The molecular formula is C11H14N4O2S. The number of hydrogen-bond donors (Lipinski definition) is 1. The Kier molecular flexibility index (Phi) is 3.44. The largest absolute Gasteiger partial charge is 0.271 e. The summed E-state index contributed by atoms with van der Waals surface area (Å²) in [5.41, 5.74) is 2.47. The van der Waals surface area contributed by atoms with E-state index in [1.54, 1.807) is 24.1 Å². The van der Waals surface area contributed by atoms with Gasteiger partial charge in [-0.25, -0.2) is 13.1 Å². The second-order valence-corrected chi connectivity index (χ2v) is 5.81. The molecule has 0 amide bonds. The molecule has 0 atom stereocenters. The van der Waals surface area contributed by atoms with Gasteiger partial charge in [0.1, 0.15) is 0 Å². The highest BCUT2D eigenvalue weighted by Gasteiger charge is 2.09. The first-order chi connectivity index (χ1) is 8.46. The van der Waals surface area contributed by atoms with Crippen LogP contribution in [0.4, 0.5) is 0 Å². The fraction of sp³-hybridized carbons (Fsp3) is 0.273. The number of nitrogens with zero attached hydrogens (tertiary/aromatic N) is 3. The zero-order valence-corrected chi connectivity index (χ0v) is 11.0. The predicted molar refractivity (Wildman–Crippen MR) is 68.1 cm³/mol. The van der Waals surface area contributed by atoms with Crippen molar-refractivity contribution in [1.29, 1.82) is 0 Å². The van der Waals surface area contributed by atoms with Crippen molar-refractivity contribution < 1.29 is 8.42 Å². The Balaban J connectivity index is 2.23. The first-order valence-corrected chi connectivity index (χ1v) is 7.23. The highest BCUT2D eigenvalue weighted by atomic mass is 32.2. The van der Waals surface area contributed by atoms with Crippen LogP contribution in [0.15, 0.2) is 30.6 Å². The van der Waals surface area contributed by atoms with Gasteiger partial charge in [0.05, 0.1) is 24.2 Å². The number of pyridine rings is 1. The number of sulfonamides is 1. The van der Waals surface area contributed by atoms with E-state index in [0.29, 0.717) is 0 Å². The molecular weight excluding hydrogens is 252 g/mol. The van der Waals surface area contributed by atoms with Gasteiger partial charge in [0.15, 0.2) is 0 Å². The van der Waals surface area contributed by atoms with Crippen molar-refractivity contribution >= 4 is 10.0 Å². The summed E-state index contributed by atoms with van der Waals surface area (Å²) < 4.78 is 26.2. The van der Waals surface area contributed by atoms with Gasteiger partial charge in [-0.15, -0.1) is 0 Å². The number of hydrogen-bond acceptors (Lipinski definition) is 4. The van der Waals surface area contributed by atoms with E-state index >= 15 is 0 Å². The second-order valence-electron chi connectivity index (χ2n) is 3.98. The maximum atomic E-state index is 11.0. The first kappa shape index (κ1) is 12.7. The Labute approximate surface area is 106 Å². The van der Waals surface area contributed by atoms with Crippen LogP contribution in [0.25, 0.3) is 11.3 Å². The van der Waals surface area contributed by atoms with Crippen molar-refractivity contribution in [1.82, 2.24) is 19.5 Å². The zero-order valence-electron chi connectivity index (χ0n) is 10.2. The minimum Gasteiger partial charge on any atom is -0.271 e. The summed E-state index contributed by atoms with van der Waals surface area (Å²) in [5.74, 6) is 0. The molecule has 0 aliphatic rings.